The Labute approximate surface area is 174 Å². The number of carbonyl (C=O) groups is 3. The van der Waals surface area contributed by atoms with Gasteiger partial charge in [-0.25, -0.2) is 20.0 Å². The molecule has 2 atom stereocenters. The molecule has 2 unspecified atom stereocenters. The van der Waals surface area contributed by atoms with Crippen LogP contribution in [0.15, 0.2) is 53.0 Å². The quantitative estimate of drug-likeness (QED) is 0.506. The summed E-state index contributed by atoms with van der Waals surface area (Å²) in [5.41, 5.74) is 6.77. The molecule has 0 aliphatic carbocycles. The highest BCUT2D eigenvalue weighted by atomic mass is 79.9. The average molecular weight is 465 g/mol. The second-order valence-corrected chi connectivity index (χ2v) is 7.19. The molecule has 1 fully saturated rings. The minimum Gasteiger partial charge on any atom is -0.454 e. The number of nitrogens with one attached hydrogen (secondary N) is 4. The highest BCUT2D eigenvalue weighted by Crippen LogP contribution is 2.24. The summed E-state index contributed by atoms with van der Waals surface area (Å²) in [6.45, 7) is -0.634. The van der Waals surface area contributed by atoms with Crippen LogP contribution < -0.4 is 21.5 Å². The van der Waals surface area contributed by atoms with Gasteiger partial charge in [-0.1, -0.05) is 40.2 Å². The molecule has 3 amide bonds. The molecule has 0 bridgehead atoms. The van der Waals surface area contributed by atoms with Crippen LogP contribution in [0, 0.1) is 5.82 Å². The van der Waals surface area contributed by atoms with Gasteiger partial charge in [-0.15, -0.1) is 0 Å². The zero-order valence-electron chi connectivity index (χ0n) is 15.1. The number of hydrogen-bond donors (Lipinski definition) is 4. The third-order valence-electron chi connectivity index (χ3n) is 4.18. The summed E-state index contributed by atoms with van der Waals surface area (Å²) in [5.74, 6) is -2.09. The SMILES string of the molecule is O=C(COC(=O)C1CC(c2ccc(Br)cc2)NN1)NC(=O)Nc1ccccc1F. The first kappa shape index (κ1) is 20.9. The van der Waals surface area contributed by atoms with E-state index >= 15 is 0 Å². The Morgan fingerprint density at radius 2 is 1.83 bits per heavy atom. The molecule has 10 heteroatoms. The Morgan fingerprint density at radius 3 is 2.55 bits per heavy atom. The molecule has 29 heavy (non-hydrogen) atoms. The molecule has 152 valence electrons. The van der Waals surface area contributed by atoms with E-state index in [2.05, 4.69) is 32.1 Å². The maximum absolute atomic E-state index is 13.5. The zero-order chi connectivity index (χ0) is 20.8. The Morgan fingerprint density at radius 1 is 1.10 bits per heavy atom. The van der Waals surface area contributed by atoms with Gasteiger partial charge in [-0.3, -0.25) is 14.9 Å². The lowest BCUT2D eigenvalue weighted by molar-refractivity contribution is -0.150. The summed E-state index contributed by atoms with van der Waals surface area (Å²) in [4.78, 5) is 35.6. The van der Waals surface area contributed by atoms with Gasteiger partial charge in [-0.2, -0.15) is 0 Å². The van der Waals surface area contributed by atoms with E-state index in [1.165, 1.54) is 24.3 Å². The van der Waals surface area contributed by atoms with Crippen LogP contribution in [0.2, 0.25) is 0 Å². The van der Waals surface area contributed by atoms with Crippen molar-refractivity contribution in [2.75, 3.05) is 11.9 Å². The molecule has 1 saturated heterocycles. The van der Waals surface area contributed by atoms with Crippen LogP contribution >= 0.6 is 15.9 Å². The Hall–Kier alpha value is -2.82. The number of urea groups is 1. The molecule has 0 radical (unpaired) electrons. The van der Waals surface area contributed by atoms with Crippen molar-refractivity contribution in [3.63, 3.8) is 0 Å². The number of rotatable bonds is 5. The lowest BCUT2D eigenvalue weighted by Gasteiger charge is -2.11. The molecule has 0 saturated carbocycles. The molecule has 2 aromatic carbocycles. The minimum absolute atomic E-state index is 0.0741. The molecule has 0 aromatic heterocycles. The molecule has 3 rings (SSSR count). The van der Waals surface area contributed by atoms with Gasteiger partial charge in [0.1, 0.15) is 11.9 Å². The lowest BCUT2D eigenvalue weighted by atomic mass is 10.0. The van der Waals surface area contributed by atoms with Crippen molar-refractivity contribution >= 4 is 39.5 Å². The van der Waals surface area contributed by atoms with Gasteiger partial charge < -0.3 is 10.1 Å². The Kier molecular flexibility index (Phi) is 6.91. The summed E-state index contributed by atoms with van der Waals surface area (Å²) in [6, 6.07) is 11.5. The predicted molar refractivity (Wildman–Crippen MR) is 106 cm³/mol. The van der Waals surface area contributed by atoms with Crippen molar-refractivity contribution in [1.82, 2.24) is 16.2 Å². The van der Waals surface area contributed by atoms with Crippen molar-refractivity contribution in [1.29, 1.82) is 0 Å². The summed E-state index contributed by atoms with van der Waals surface area (Å²) >= 11 is 3.37. The molecule has 1 aliphatic heterocycles. The number of anilines is 1. The molecule has 8 nitrogen and oxygen atoms in total. The number of benzene rings is 2. The van der Waals surface area contributed by atoms with Crippen LogP contribution in [0.1, 0.15) is 18.0 Å². The van der Waals surface area contributed by atoms with E-state index in [-0.39, 0.29) is 11.7 Å². The van der Waals surface area contributed by atoms with Crippen LogP contribution in [0.4, 0.5) is 14.9 Å². The molecular weight excluding hydrogens is 447 g/mol. The number of amides is 3. The van der Waals surface area contributed by atoms with E-state index < -0.39 is 36.4 Å². The lowest BCUT2D eigenvalue weighted by Crippen LogP contribution is -2.41. The van der Waals surface area contributed by atoms with Crippen LogP contribution in [-0.2, 0) is 14.3 Å². The number of hydrogen-bond acceptors (Lipinski definition) is 6. The van der Waals surface area contributed by atoms with Gasteiger partial charge in [0.15, 0.2) is 6.61 Å². The number of esters is 1. The molecule has 0 spiro atoms. The van der Waals surface area contributed by atoms with E-state index in [0.29, 0.717) is 6.42 Å². The van der Waals surface area contributed by atoms with E-state index in [9.17, 15) is 18.8 Å². The molecule has 1 heterocycles. The smallest absolute Gasteiger partial charge is 0.326 e. The van der Waals surface area contributed by atoms with Crippen LogP contribution in [0.3, 0.4) is 0 Å². The Balaban J connectivity index is 1.42. The van der Waals surface area contributed by atoms with Gasteiger partial charge in [0.2, 0.25) is 0 Å². The first-order valence-corrected chi connectivity index (χ1v) is 9.50. The number of imide groups is 1. The van der Waals surface area contributed by atoms with E-state index in [0.717, 1.165) is 10.0 Å². The van der Waals surface area contributed by atoms with Crippen molar-refractivity contribution in [3.05, 3.63) is 64.4 Å². The highest BCUT2D eigenvalue weighted by molar-refractivity contribution is 9.10. The normalized spacial score (nSPS) is 18.1. The van der Waals surface area contributed by atoms with Gasteiger partial charge in [0.05, 0.1) is 5.69 Å². The number of ether oxygens (including phenoxy) is 1. The number of halogens is 2. The minimum atomic E-state index is -0.924. The maximum atomic E-state index is 13.5. The van der Waals surface area contributed by atoms with Crippen molar-refractivity contribution in [3.8, 4) is 0 Å². The second kappa shape index (κ2) is 9.59. The van der Waals surface area contributed by atoms with Crippen molar-refractivity contribution < 1.29 is 23.5 Å². The van der Waals surface area contributed by atoms with Crippen LogP contribution in [0.25, 0.3) is 0 Å². The van der Waals surface area contributed by atoms with Gasteiger partial charge in [0.25, 0.3) is 5.91 Å². The first-order valence-electron chi connectivity index (χ1n) is 8.71. The molecular formula is C19H18BrFN4O4. The maximum Gasteiger partial charge on any atom is 0.326 e. The van der Waals surface area contributed by atoms with E-state index in [4.69, 9.17) is 4.74 Å². The zero-order valence-corrected chi connectivity index (χ0v) is 16.7. The fraction of sp³-hybridized carbons (Fsp3) is 0.211. The van der Waals surface area contributed by atoms with Crippen LogP contribution in [0.5, 0.6) is 0 Å². The summed E-state index contributed by atoms with van der Waals surface area (Å²) in [7, 11) is 0. The van der Waals surface area contributed by atoms with E-state index in [1.807, 2.05) is 29.6 Å². The third-order valence-corrected chi connectivity index (χ3v) is 4.71. The summed E-state index contributed by atoms with van der Waals surface area (Å²) < 4.78 is 19.4. The average Bonchev–Trinajstić information content (AvgIpc) is 3.19. The van der Waals surface area contributed by atoms with Gasteiger partial charge in [-0.05, 0) is 36.2 Å². The summed E-state index contributed by atoms with van der Waals surface area (Å²) in [6.07, 6.45) is 0.440. The highest BCUT2D eigenvalue weighted by Gasteiger charge is 2.31. The fourth-order valence-corrected chi connectivity index (χ4v) is 3.00. The number of hydrazine groups is 1. The first-order chi connectivity index (χ1) is 13.9. The van der Waals surface area contributed by atoms with Gasteiger partial charge in [0, 0.05) is 10.5 Å². The molecule has 1 aliphatic rings. The summed E-state index contributed by atoms with van der Waals surface area (Å²) in [5, 5.41) is 4.17. The monoisotopic (exact) mass is 464 g/mol. The largest absolute Gasteiger partial charge is 0.454 e. The molecule has 4 N–H and O–H groups in total. The second-order valence-electron chi connectivity index (χ2n) is 6.27. The van der Waals surface area contributed by atoms with Crippen LogP contribution in [-0.4, -0.2) is 30.6 Å². The fourth-order valence-electron chi connectivity index (χ4n) is 2.74. The topological polar surface area (TPSA) is 109 Å². The number of carbonyl (C=O) groups excluding carboxylic acids is 3. The molecule has 2 aromatic rings. The van der Waals surface area contributed by atoms with E-state index in [1.54, 1.807) is 0 Å². The van der Waals surface area contributed by atoms with Crippen molar-refractivity contribution in [2.45, 2.75) is 18.5 Å². The Bertz CT molecular complexity index is 909. The third kappa shape index (κ3) is 5.83. The standard InChI is InChI=1S/C19H18BrFN4O4/c20-12-7-5-11(6-8-12)15-9-16(25-24-15)18(27)29-10-17(26)23-19(28)22-14-4-2-1-3-13(14)21/h1-8,15-16,24-25H,9-10H2,(H2,22,23,26,28). The number of para-hydroxylation sites is 1. The van der Waals surface area contributed by atoms with Gasteiger partial charge >= 0.3 is 12.0 Å². The van der Waals surface area contributed by atoms with Crippen molar-refractivity contribution in [2.24, 2.45) is 0 Å². The predicted octanol–water partition coefficient (Wildman–Crippen LogP) is 2.39.